The standard InChI is InChI=1S/C14H15BrFNO4S/c15-11-4-3-10(16)6-12(11)22(20,21)17-7-9-2-1-5-14(9,8-17)13(18)19/h3-4,6,9H,1-2,5,7-8H2,(H,18,19)/t9-,14+/m0/s1. The second kappa shape index (κ2) is 5.28. The van der Waals surface area contributed by atoms with Crippen LogP contribution in [-0.4, -0.2) is 36.9 Å². The van der Waals surface area contributed by atoms with Gasteiger partial charge in [-0.05, 0) is 52.9 Å². The van der Waals surface area contributed by atoms with Crippen LogP contribution in [0.1, 0.15) is 19.3 Å². The summed E-state index contributed by atoms with van der Waals surface area (Å²) in [6.45, 7) is 0.135. The van der Waals surface area contributed by atoms with Crippen molar-refractivity contribution in [3.8, 4) is 0 Å². The Hall–Kier alpha value is -0.990. The summed E-state index contributed by atoms with van der Waals surface area (Å²) in [6.07, 6.45) is 2.00. The number of sulfonamides is 1. The van der Waals surface area contributed by atoms with E-state index in [0.717, 1.165) is 12.5 Å². The maximum absolute atomic E-state index is 13.4. The van der Waals surface area contributed by atoms with E-state index in [2.05, 4.69) is 15.9 Å². The number of nitrogens with zero attached hydrogens (tertiary/aromatic N) is 1. The summed E-state index contributed by atoms with van der Waals surface area (Å²) in [5.74, 6) is -1.76. The summed E-state index contributed by atoms with van der Waals surface area (Å²) in [5, 5.41) is 9.54. The predicted octanol–water partition coefficient (Wildman–Crippen LogP) is 2.46. The van der Waals surface area contributed by atoms with Crippen molar-refractivity contribution >= 4 is 31.9 Å². The number of carboxylic acids is 1. The topological polar surface area (TPSA) is 74.7 Å². The fourth-order valence-corrected chi connectivity index (χ4v) is 6.08. The average Bonchev–Trinajstić information content (AvgIpc) is 2.99. The van der Waals surface area contributed by atoms with E-state index in [1.165, 1.54) is 16.4 Å². The van der Waals surface area contributed by atoms with Crippen molar-refractivity contribution in [2.45, 2.75) is 24.2 Å². The van der Waals surface area contributed by atoms with E-state index in [0.29, 0.717) is 12.8 Å². The molecule has 8 heteroatoms. The van der Waals surface area contributed by atoms with Crippen LogP contribution in [0.2, 0.25) is 0 Å². The molecule has 0 amide bonds. The molecule has 1 heterocycles. The van der Waals surface area contributed by atoms with Gasteiger partial charge in [-0.25, -0.2) is 12.8 Å². The van der Waals surface area contributed by atoms with Crippen LogP contribution in [0.25, 0.3) is 0 Å². The molecule has 0 bridgehead atoms. The van der Waals surface area contributed by atoms with Crippen LogP contribution in [0, 0.1) is 17.2 Å². The quantitative estimate of drug-likeness (QED) is 0.858. The van der Waals surface area contributed by atoms with Crippen molar-refractivity contribution in [1.29, 1.82) is 0 Å². The average molecular weight is 392 g/mol. The summed E-state index contributed by atoms with van der Waals surface area (Å²) in [4.78, 5) is 11.5. The number of aliphatic carboxylic acids is 1. The monoisotopic (exact) mass is 391 g/mol. The molecule has 3 rings (SSSR count). The van der Waals surface area contributed by atoms with Crippen LogP contribution in [0.5, 0.6) is 0 Å². The zero-order valence-corrected chi connectivity index (χ0v) is 14.0. The summed E-state index contributed by atoms with van der Waals surface area (Å²) in [5.41, 5.74) is -0.993. The fourth-order valence-electron chi connectivity index (χ4n) is 3.59. The molecule has 120 valence electrons. The molecule has 1 aliphatic carbocycles. The largest absolute Gasteiger partial charge is 0.481 e. The van der Waals surface area contributed by atoms with E-state index in [1.807, 2.05) is 0 Å². The molecule has 1 saturated heterocycles. The number of hydrogen-bond donors (Lipinski definition) is 1. The third-order valence-corrected chi connectivity index (χ3v) is 7.58. The Morgan fingerprint density at radius 1 is 1.45 bits per heavy atom. The molecule has 5 nitrogen and oxygen atoms in total. The van der Waals surface area contributed by atoms with Crippen LogP contribution in [-0.2, 0) is 14.8 Å². The first-order valence-corrected chi connectivity index (χ1v) is 9.19. The third kappa shape index (κ3) is 2.28. The molecule has 1 aromatic carbocycles. The molecule has 1 saturated carbocycles. The molecule has 2 atom stereocenters. The van der Waals surface area contributed by atoms with Crippen LogP contribution in [0.15, 0.2) is 27.6 Å². The molecule has 0 aromatic heterocycles. The van der Waals surface area contributed by atoms with Gasteiger partial charge >= 0.3 is 5.97 Å². The van der Waals surface area contributed by atoms with Crippen molar-refractivity contribution in [3.05, 3.63) is 28.5 Å². The van der Waals surface area contributed by atoms with Gasteiger partial charge in [0.05, 0.1) is 10.3 Å². The molecular weight excluding hydrogens is 377 g/mol. The first-order valence-electron chi connectivity index (χ1n) is 6.96. The van der Waals surface area contributed by atoms with Crippen molar-refractivity contribution in [3.63, 3.8) is 0 Å². The van der Waals surface area contributed by atoms with Crippen LogP contribution in [0.4, 0.5) is 4.39 Å². The number of fused-ring (bicyclic) bond motifs is 1. The SMILES string of the molecule is O=C(O)[C@@]12CCC[C@H]1CN(S(=O)(=O)c1cc(F)ccc1Br)C2. The normalized spacial score (nSPS) is 28.7. The molecule has 22 heavy (non-hydrogen) atoms. The summed E-state index contributed by atoms with van der Waals surface area (Å²) in [6, 6.07) is 3.47. The fraction of sp³-hybridized carbons (Fsp3) is 0.500. The van der Waals surface area contributed by atoms with Gasteiger partial charge in [0.25, 0.3) is 0 Å². The van der Waals surface area contributed by atoms with Gasteiger partial charge < -0.3 is 5.11 Å². The van der Waals surface area contributed by atoms with Crippen LogP contribution >= 0.6 is 15.9 Å². The first kappa shape index (κ1) is 15.9. The van der Waals surface area contributed by atoms with Crippen molar-refractivity contribution in [1.82, 2.24) is 4.31 Å². The van der Waals surface area contributed by atoms with E-state index in [-0.39, 0.29) is 28.4 Å². The highest BCUT2D eigenvalue weighted by molar-refractivity contribution is 9.10. The maximum atomic E-state index is 13.4. The Morgan fingerprint density at radius 3 is 2.82 bits per heavy atom. The molecule has 0 unspecified atom stereocenters. The lowest BCUT2D eigenvalue weighted by atomic mass is 9.81. The second-order valence-electron chi connectivity index (χ2n) is 5.92. The van der Waals surface area contributed by atoms with E-state index in [4.69, 9.17) is 0 Å². The first-order chi connectivity index (χ1) is 10.3. The highest BCUT2D eigenvalue weighted by Crippen LogP contribution is 2.50. The molecule has 2 fully saturated rings. The molecule has 1 aliphatic heterocycles. The van der Waals surface area contributed by atoms with E-state index in [1.54, 1.807) is 0 Å². The Labute approximate surface area is 136 Å². The summed E-state index contributed by atoms with van der Waals surface area (Å²) < 4.78 is 40.3. The minimum atomic E-state index is -3.92. The zero-order valence-electron chi connectivity index (χ0n) is 11.6. The zero-order chi connectivity index (χ0) is 16.1. The summed E-state index contributed by atoms with van der Waals surface area (Å²) in [7, 11) is -3.92. The van der Waals surface area contributed by atoms with Gasteiger partial charge in [-0.2, -0.15) is 4.31 Å². The van der Waals surface area contributed by atoms with Crippen LogP contribution < -0.4 is 0 Å². The Balaban J connectivity index is 1.98. The van der Waals surface area contributed by atoms with Gasteiger partial charge in [-0.3, -0.25) is 4.79 Å². The predicted molar refractivity (Wildman–Crippen MR) is 80.3 cm³/mol. The van der Waals surface area contributed by atoms with E-state index < -0.39 is 27.2 Å². The smallest absolute Gasteiger partial charge is 0.311 e. The number of halogens is 2. The molecule has 0 spiro atoms. The minimum absolute atomic E-state index is 0.0434. The third-order valence-electron chi connectivity index (χ3n) is 4.78. The lowest BCUT2D eigenvalue weighted by Crippen LogP contribution is -2.37. The van der Waals surface area contributed by atoms with Crippen molar-refractivity contribution < 1.29 is 22.7 Å². The Kier molecular flexibility index (Phi) is 3.81. The van der Waals surface area contributed by atoms with Crippen LogP contribution in [0.3, 0.4) is 0 Å². The highest BCUT2D eigenvalue weighted by atomic mass is 79.9. The Morgan fingerprint density at radius 2 is 2.18 bits per heavy atom. The number of rotatable bonds is 3. The Bertz CT molecular complexity index is 738. The van der Waals surface area contributed by atoms with E-state index in [9.17, 15) is 22.7 Å². The maximum Gasteiger partial charge on any atom is 0.311 e. The molecule has 0 radical (unpaired) electrons. The lowest BCUT2D eigenvalue weighted by Gasteiger charge is -2.23. The molecule has 1 N–H and O–H groups in total. The molecular formula is C14H15BrFNO4S. The lowest BCUT2D eigenvalue weighted by molar-refractivity contribution is -0.149. The van der Waals surface area contributed by atoms with Crippen molar-refractivity contribution in [2.24, 2.45) is 11.3 Å². The van der Waals surface area contributed by atoms with Gasteiger partial charge in [0.15, 0.2) is 0 Å². The van der Waals surface area contributed by atoms with Gasteiger partial charge in [0.2, 0.25) is 10.0 Å². The van der Waals surface area contributed by atoms with Crippen molar-refractivity contribution in [2.75, 3.05) is 13.1 Å². The van der Waals surface area contributed by atoms with Gasteiger partial charge in [0, 0.05) is 17.6 Å². The summed E-state index contributed by atoms with van der Waals surface area (Å²) >= 11 is 3.13. The number of hydrogen-bond acceptors (Lipinski definition) is 3. The number of benzene rings is 1. The molecule has 2 aliphatic rings. The minimum Gasteiger partial charge on any atom is -0.481 e. The molecule has 1 aromatic rings. The number of carbonyl (C=O) groups is 1. The van der Waals surface area contributed by atoms with Gasteiger partial charge in [-0.15, -0.1) is 0 Å². The number of carboxylic acid groups (broad SMARTS) is 1. The van der Waals surface area contributed by atoms with E-state index >= 15 is 0 Å². The van der Waals surface area contributed by atoms with Gasteiger partial charge in [0.1, 0.15) is 5.82 Å². The highest BCUT2D eigenvalue weighted by Gasteiger charge is 2.57. The second-order valence-corrected chi connectivity index (χ2v) is 8.68. The van der Waals surface area contributed by atoms with Gasteiger partial charge in [-0.1, -0.05) is 6.42 Å².